The first kappa shape index (κ1) is 111. The molecule has 736 valence electrons. The molecule has 0 aliphatic carbocycles. The number of urea groups is 6. The minimum Gasteiger partial charge on any atom is -0.755 e. The number of hydrogen-bond acceptors (Lipinski definition) is 20. The lowest BCUT2D eigenvalue weighted by molar-refractivity contribution is -0.384. The first-order valence-electron chi connectivity index (χ1n) is 37.5. The van der Waals surface area contributed by atoms with Crippen LogP contribution < -0.4 is 93.0 Å². The van der Waals surface area contributed by atoms with E-state index in [0.29, 0.717) is 62.1 Å². The minimum atomic E-state index is -4.08. The highest BCUT2D eigenvalue weighted by molar-refractivity contribution is 9.10. The highest BCUT2D eigenvalue weighted by Crippen LogP contribution is 2.31. The number of non-ortho nitro benzene ring substituents is 1. The summed E-state index contributed by atoms with van der Waals surface area (Å²) >= 11 is -1.03. The number of nitrogens with two attached hydrogens (primary N) is 2. The highest BCUT2D eigenvalue weighted by atomic mass is 79.9. The average molecular weight is 2140 g/mol. The normalized spacial score (nSPS) is 11.5. The van der Waals surface area contributed by atoms with E-state index >= 15 is 0 Å². The van der Waals surface area contributed by atoms with Crippen LogP contribution in [0.4, 0.5) is 174 Å². The van der Waals surface area contributed by atoms with Gasteiger partial charge in [0.15, 0.2) is 34.9 Å². The Kier molecular flexibility index (Phi) is 41.9. The number of para-hydroxylation sites is 1. The topological polar surface area (TPSA) is 619 Å². The molecule has 0 aliphatic rings. The number of anilines is 16. The molecule has 0 radical (unpaired) electrons. The molecule has 0 spiro atoms. The Labute approximate surface area is 802 Å². The Bertz CT molecular complexity index is 6700. The molecule has 0 saturated heterocycles. The van der Waals surface area contributed by atoms with Crippen molar-refractivity contribution in [3.05, 3.63) is 326 Å². The maximum Gasteiger partial charge on any atom is 0.323 e. The SMILES string of the molecule is CC(C)c1ccccc1NC(=O)Nc1cccc(S(N)(=O)=O)c1.NS(=O)(=O)c1cccc(NC(=O)Nc2c(F)c(F)c(F)c(F)c2F)c1.O=C(Nc1ccc(NS(=O)[O-])cc1)Nc1cc(F)c(F)cc1F.O=C(Nc1ccc(NS(=O)[O-])cc1)Nc1cc([N+](=O)[O-])ccc1F.O=C(Nc1ccc(NS(=O)[O-])cc1)Nc1ccc(Br)cc1F.O=C(Nc1ccc(NS(=O)[O-])cc1)Nc1ccc(Cl)cc1F. The molecule has 0 aliphatic heterocycles. The standard InChI is InChI=1S/C16H19N3O3S.C13H11BrFN3O3S.C13H11ClFN3O3S.C13H8F5N3O3S.C13H10F3N3O3S.C13H11FN4O5S/c1-11(2)14-8-3-4-9-15(14)19-16(20)18-12-6-5-7-13(10-12)23(17,21)22;2*14-8-1-6-12(11(15)7-8)17-13(19)16-9-2-4-10(5-3-9)18-22(20)21;14-7-8(15)10(17)12(11(18)9(7)16)21-13(22)20-5-2-1-3-6(4-5)25(19,23)24;14-9-5-11(16)12(6-10(9)15)18-13(20)17-7-1-3-8(4-2-7)19-23(21)22;14-11-6-5-10(18(20)21)7-12(11)16-13(19)15-8-1-3-9(4-2-8)17-24(22)23/h3-11H,1-2H3,(H2,17,21,22)(H2,18,19,20);2*1-7,18H,(H,20,21)(H2,16,17,19);1-4H,(H2,19,23,24)(H2,20,21,22);1-6,19H,(H,21,22)(H2,17,18,20);1-7,17H,(H,22,23)(H2,15,16,19)/p-4. The number of hydrogen-bond donors (Lipinski definition) is 18. The van der Waals surface area contributed by atoms with E-state index < -0.39 is 182 Å². The molecule has 12 rings (SSSR count). The van der Waals surface area contributed by atoms with Gasteiger partial charge in [0, 0.05) is 141 Å². The largest absolute Gasteiger partial charge is 0.755 e. The summed E-state index contributed by atoms with van der Waals surface area (Å²) in [5.74, 6) is -16.9. The molecule has 12 aromatic carbocycles. The van der Waals surface area contributed by atoms with Crippen LogP contribution in [0.15, 0.2) is 251 Å². The summed E-state index contributed by atoms with van der Waals surface area (Å²) < 4.78 is 284. The number of sulfonamides is 2. The van der Waals surface area contributed by atoms with Crippen molar-refractivity contribution in [1.82, 2.24) is 0 Å². The van der Waals surface area contributed by atoms with Crippen molar-refractivity contribution in [3.8, 4) is 0 Å². The quantitative estimate of drug-likeness (QED) is 0.00667. The van der Waals surface area contributed by atoms with Crippen LogP contribution >= 0.6 is 27.5 Å². The van der Waals surface area contributed by atoms with Crippen LogP contribution in [0.1, 0.15) is 25.3 Å². The number of carbonyl (C=O) groups excluding carboxylic acids is 6. The fourth-order valence-electron chi connectivity index (χ4n) is 10.4. The van der Waals surface area contributed by atoms with Crippen molar-refractivity contribution in [3.63, 3.8) is 0 Å². The van der Waals surface area contributed by atoms with Crippen molar-refractivity contribution < 1.29 is 134 Å². The van der Waals surface area contributed by atoms with E-state index in [4.69, 9.17) is 21.9 Å². The number of nitro groups is 1. The lowest BCUT2D eigenvalue weighted by Crippen LogP contribution is -2.22. The van der Waals surface area contributed by atoms with E-state index in [1.807, 2.05) is 48.7 Å². The first-order chi connectivity index (χ1) is 65.4. The Morgan fingerprint density at radius 3 is 1.01 bits per heavy atom. The van der Waals surface area contributed by atoms with Crippen LogP contribution in [0.25, 0.3) is 0 Å². The summed E-state index contributed by atoms with van der Waals surface area (Å²) in [6, 6.07) is 47.7. The van der Waals surface area contributed by atoms with Gasteiger partial charge in [-0.05, 0) is 193 Å². The maximum absolute atomic E-state index is 13.6. The van der Waals surface area contributed by atoms with E-state index in [9.17, 15) is 139 Å². The third kappa shape index (κ3) is 37.6. The second-order valence-corrected chi connectivity index (χ2v) is 34.0. The number of nitrogens with zero attached hydrogens (tertiary/aromatic N) is 1. The van der Waals surface area contributed by atoms with Crippen molar-refractivity contribution in [2.45, 2.75) is 29.6 Å². The van der Waals surface area contributed by atoms with Crippen LogP contribution in [0.2, 0.25) is 5.02 Å². The molecule has 0 bridgehead atoms. The van der Waals surface area contributed by atoms with E-state index in [-0.39, 0.29) is 60.5 Å². The lowest BCUT2D eigenvalue weighted by Gasteiger charge is -2.14. The minimum absolute atomic E-state index is 0.0121. The number of primary sulfonamides is 2. The smallest absolute Gasteiger partial charge is 0.323 e. The third-order valence-corrected chi connectivity index (χ3v) is 20.7. The number of rotatable bonds is 24. The summed E-state index contributed by atoms with van der Waals surface area (Å²) in [6.45, 7) is 4.07. The maximum atomic E-state index is 13.6. The van der Waals surface area contributed by atoms with Gasteiger partial charge in [-0.3, -0.25) is 26.9 Å². The average Bonchev–Trinajstić information content (AvgIpc) is 0.791. The highest BCUT2D eigenvalue weighted by Gasteiger charge is 2.28. The van der Waals surface area contributed by atoms with Crippen molar-refractivity contribution in [1.29, 1.82) is 0 Å². The molecular weight excluding hydrogens is 2080 g/mol. The number of amides is 12. The van der Waals surface area contributed by atoms with Gasteiger partial charge < -0.3 is 101 Å². The summed E-state index contributed by atoms with van der Waals surface area (Å²) in [4.78, 5) is 80.3. The predicted octanol–water partition coefficient (Wildman–Crippen LogP) is 18.1. The van der Waals surface area contributed by atoms with Gasteiger partial charge in [-0.2, -0.15) is 0 Å². The fourth-order valence-corrected chi connectivity index (χ4v) is 13.3. The molecule has 12 amide bonds. The fraction of sp³-hybridized carbons (Fsp3) is 0.0370. The van der Waals surface area contributed by atoms with Gasteiger partial charge in [-0.25, -0.2) is 104 Å². The molecule has 58 heteroatoms. The molecule has 4 unspecified atom stereocenters. The molecular formula is C81H66BrClF11N19O20S6-4. The molecule has 39 nitrogen and oxygen atoms in total. The van der Waals surface area contributed by atoms with Crippen molar-refractivity contribution >= 4 is 226 Å². The van der Waals surface area contributed by atoms with E-state index in [0.717, 1.165) is 42.0 Å². The molecule has 0 aromatic heterocycles. The Hall–Kier alpha value is -14.9. The van der Waals surface area contributed by atoms with Gasteiger partial charge in [-0.1, -0.05) is 71.7 Å². The number of carbonyl (C=O) groups is 6. The predicted molar refractivity (Wildman–Crippen MR) is 499 cm³/mol. The second kappa shape index (κ2) is 52.4. The third-order valence-electron chi connectivity index (χ3n) is 16.5. The van der Waals surface area contributed by atoms with Crippen LogP contribution in [0.5, 0.6) is 0 Å². The van der Waals surface area contributed by atoms with Gasteiger partial charge in [0.1, 0.15) is 29.0 Å². The number of nitro benzene ring substituents is 1. The molecule has 12 aromatic rings. The molecule has 4 atom stereocenters. The van der Waals surface area contributed by atoms with Gasteiger partial charge >= 0.3 is 36.2 Å². The van der Waals surface area contributed by atoms with Gasteiger partial charge in [0.2, 0.25) is 25.9 Å². The zero-order valence-corrected chi connectivity index (χ0v) is 77.0. The van der Waals surface area contributed by atoms with E-state index in [1.54, 1.807) is 12.1 Å². The van der Waals surface area contributed by atoms with Crippen LogP contribution in [-0.2, 0) is 65.1 Å². The summed E-state index contributed by atoms with van der Waals surface area (Å²) in [5, 5.41) is 48.2. The second-order valence-electron chi connectivity index (χ2n) is 26.9. The Morgan fingerprint density at radius 2 is 0.647 bits per heavy atom. The van der Waals surface area contributed by atoms with Gasteiger partial charge in [-0.15, -0.1) is 0 Å². The summed E-state index contributed by atoms with van der Waals surface area (Å²) in [6.07, 6.45) is 0. The first-order valence-corrected chi connectivity index (χ1v) is 46.1. The molecule has 20 N–H and O–H groups in total. The van der Waals surface area contributed by atoms with E-state index in [1.165, 1.54) is 157 Å². The monoisotopic (exact) mass is 2140 g/mol. The molecule has 0 fully saturated rings. The van der Waals surface area contributed by atoms with Crippen molar-refractivity contribution in [2.24, 2.45) is 10.3 Å². The zero-order valence-electron chi connectivity index (χ0n) is 69.7. The van der Waals surface area contributed by atoms with Crippen LogP contribution in [0.3, 0.4) is 0 Å². The zero-order chi connectivity index (χ0) is 103. The van der Waals surface area contributed by atoms with Crippen molar-refractivity contribution in [2.75, 3.05) is 82.7 Å². The number of halogens is 13. The lowest BCUT2D eigenvalue weighted by atomic mass is 10.0. The molecule has 139 heavy (non-hydrogen) atoms. The number of nitrogens with one attached hydrogen (secondary N) is 16. The number of benzene rings is 12. The summed E-state index contributed by atoms with van der Waals surface area (Å²) in [5.41, 5.74) is 1.83. The van der Waals surface area contributed by atoms with Crippen LogP contribution in [0, 0.1) is 74.1 Å². The molecule has 0 saturated carbocycles. The summed E-state index contributed by atoms with van der Waals surface area (Å²) in [7, 11) is -7.89. The van der Waals surface area contributed by atoms with Gasteiger partial charge in [0.25, 0.3) is 5.69 Å². The van der Waals surface area contributed by atoms with E-state index in [2.05, 4.69) is 82.7 Å². The van der Waals surface area contributed by atoms with Gasteiger partial charge in [0.05, 0.1) is 37.5 Å². The molecule has 0 heterocycles. The Morgan fingerprint density at radius 1 is 0.331 bits per heavy atom. The Balaban J connectivity index is 0.000000227. The van der Waals surface area contributed by atoms with Crippen LogP contribution in [-0.4, -0.2) is 93.0 Å².